The molecule has 0 spiro atoms. The van der Waals surface area contributed by atoms with Gasteiger partial charge in [0, 0.05) is 12.6 Å². The number of hydrogen-bond acceptors (Lipinski definition) is 4. The van der Waals surface area contributed by atoms with Crippen LogP contribution >= 0.6 is 0 Å². The summed E-state index contributed by atoms with van der Waals surface area (Å²) in [6.07, 6.45) is 0. The van der Waals surface area contributed by atoms with Crippen molar-refractivity contribution >= 4 is 5.91 Å². The van der Waals surface area contributed by atoms with Gasteiger partial charge in [-0.15, -0.1) is 0 Å². The Morgan fingerprint density at radius 1 is 1.21 bits per heavy atom. The van der Waals surface area contributed by atoms with Crippen molar-refractivity contribution in [3.8, 4) is 0 Å². The van der Waals surface area contributed by atoms with E-state index in [1.807, 2.05) is 12.1 Å². The van der Waals surface area contributed by atoms with Gasteiger partial charge in [0.15, 0.2) is 5.76 Å². The van der Waals surface area contributed by atoms with E-state index in [1.165, 1.54) is 11.1 Å². The van der Waals surface area contributed by atoms with Crippen LogP contribution < -0.4 is 5.48 Å². The van der Waals surface area contributed by atoms with Crippen molar-refractivity contribution in [1.82, 2.24) is 10.4 Å². The van der Waals surface area contributed by atoms with Crippen LogP contribution in [0.4, 0.5) is 0 Å². The second-order valence-corrected chi connectivity index (χ2v) is 6.06. The lowest BCUT2D eigenvalue weighted by atomic mass is 10.1. The van der Waals surface area contributed by atoms with Crippen LogP contribution in [-0.2, 0) is 17.9 Å². The molecule has 2 aromatic rings. The number of carbonyl (C=O) groups excluding carboxylic acids is 1. The first-order valence-electron chi connectivity index (χ1n) is 8.30. The van der Waals surface area contributed by atoms with E-state index in [0.29, 0.717) is 19.2 Å². The van der Waals surface area contributed by atoms with E-state index in [1.54, 1.807) is 13.0 Å². The monoisotopic (exact) mass is 330 g/mol. The van der Waals surface area contributed by atoms with Gasteiger partial charge in [0.1, 0.15) is 5.76 Å². The molecule has 0 bridgehead atoms. The number of carbonyl (C=O) groups is 1. The molecule has 0 saturated carbocycles. The minimum atomic E-state index is -0.363. The van der Waals surface area contributed by atoms with Crippen LogP contribution in [0.3, 0.4) is 0 Å². The van der Waals surface area contributed by atoms with E-state index in [9.17, 15) is 4.79 Å². The number of nitrogens with zero attached hydrogens (tertiary/aromatic N) is 1. The molecule has 0 aliphatic rings. The highest BCUT2D eigenvalue weighted by atomic mass is 16.7. The van der Waals surface area contributed by atoms with Crippen LogP contribution in [0.1, 0.15) is 48.2 Å². The molecule has 5 nitrogen and oxygen atoms in total. The fourth-order valence-electron chi connectivity index (χ4n) is 2.40. The molecule has 2 rings (SSSR count). The summed E-state index contributed by atoms with van der Waals surface area (Å²) in [6, 6.07) is 12.3. The zero-order valence-corrected chi connectivity index (χ0v) is 14.8. The van der Waals surface area contributed by atoms with Crippen LogP contribution in [0.2, 0.25) is 0 Å². The van der Waals surface area contributed by atoms with Gasteiger partial charge in [-0.3, -0.25) is 14.5 Å². The summed E-state index contributed by atoms with van der Waals surface area (Å²) >= 11 is 0. The lowest BCUT2D eigenvalue weighted by Crippen LogP contribution is -2.30. The number of hydroxylamine groups is 1. The zero-order chi connectivity index (χ0) is 17.5. The Morgan fingerprint density at radius 3 is 2.62 bits per heavy atom. The summed E-state index contributed by atoms with van der Waals surface area (Å²) < 4.78 is 5.66. The maximum atomic E-state index is 11.8. The third-order valence-corrected chi connectivity index (χ3v) is 3.92. The first-order chi connectivity index (χ1) is 11.5. The van der Waals surface area contributed by atoms with Crippen LogP contribution in [-0.4, -0.2) is 23.5 Å². The second-order valence-electron chi connectivity index (χ2n) is 6.06. The quantitative estimate of drug-likeness (QED) is 0.750. The van der Waals surface area contributed by atoms with E-state index in [0.717, 1.165) is 12.3 Å². The fourth-order valence-corrected chi connectivity index (χ4v) is 2.40. The van der Waals surface area contributed by atoms with Crippen molar-refractivity contribution in [3.05, 3.63) is 59.0 Å². The molecule has 0 saturated heterocycles. The largest absolute Gasteiger partial charge is 0.454 e. The Kier molecular flexibility index (Phi) is 6.58. The van der Waals surface area contributed by atoms with Crippen molar-refractivity contribution in [3.63, 3.8) is 0 Å². The van der Waals surface area contributed by atoms with E-state index in [4.69, 9.17) is 9.25 Å². The van der Waals surface area contributed by atoms with Gasteiger partial charge in [-0.05, 0) is 51.0 Å². The predicted octanol–water partition coefficient (Wildman–Crippen LogP) is 3.68. The molecule has 5 heteroatoms. The molecule has 0 aliphatic heterocycles. The number of benzene rings is 1. The summed E-state index contributed by atoms with van der Waals surface area (Å²) in [5.41, 5.74) is 4.91. The highest BCUT2D eigenvalue weighted by Gasteiger charge is 2.16. The van der Waals surface area contributed by atoms with Gasteiger partial charge in [0.25, 0.3) is 0 Å². The van der Waals surface area contributed by atoms with Crippen LogP contribution in [0.15, 0.2) is 40.8 Å². The SMILES string of the molecule is CCONC(=O)c1ccc(CN(Cc2ccccc2C)C(C)C)o1. The number of hydrogen-bond donors (Lipinski definition) is 1. The molecule has 1 aromatic heterocycles. The average Bonchev–Trinajstić information content (AvgIpc) is 3.02. The van der Waals surface area contributed by atoms with E-state index in [-0.39, 0.29) is 11.7 Å². The van der Waals surface area contributed by atoms with Crippen LogP contribution in [0, 0.1) is 6.92 Å². The highest BCUT2D eigenvalue weighted by Crippen LogP contribution is 2.17. The Labute approximate surface area is 143 Å². The van der Waals surface area contributed by atoms with Crippen molar-refractivity contribution in [2.24, 2.45) is 0 Å². The first-order valence-corrected chi connectivity index (χ1v) is 8.30. The van der Waals surface area contributed by atoms with Gasteiger partial charge in [0.2, 0.25) is 0 Å². The highest BCUT2D eigenvalue weighted by molar-refractivity contribution is 5.90. The second kappa shape index (κ2) is 8.66. The normalized spacial score (nSPS) is 11.2. The Balaban J connectivity index is 2.05. The lowest BCUT2D eigenvalue weighted by molar-refractivity contribution is 0.0338. The van der Waals surface area contributed by atoms with E-state index in [2.05, 4.69) is 49.4 Å². The lowest BCUT2D eigenvalue weighted by Gasteiger charge is -2.26. The number of amides is 1. The molecule has 0 radical (unpaired) electrons. The molecule has 1 N–H and O–H groups in total. The summed E-state index contributed by atoms with van der Waals surface area (Å²) in [4.78, 5) is 19.0. The van der Waals surface area contributed by atoms with Crippen molar-refractivity contribution < 1.29 is 14.0 Å². The van der Waals surface area contributed by atoms with Gasteiger partial charge >= 0.3 is 5.91 Å². The maximum absolute atomic E-state index is 11.8. The number of furan rings is 1. The molecule has 130 valence electrons. The smallest absolute Gasteiger partial charge is 0.310 e. The van der Waals surface area contributed by atoms with Crippen molar-refractivity contribution in [2.75, 3.05) is 6.61 Å². The number of nitrogens with one attached hydrogen (secondary N) is 1. The van der Waals surface area contributed by atoms with Crippen LogP contribution in [0.25, 0.3) is 0 Å². The molecule has 1 amide bonds. The summed E-state index contributed by atoms with van der Waals surface area (Å²) in [5.74, 6) is 0.662. The van der Waals surface area contributed by atoms with Gasteiger partial charge in [-0.25, -0.2) is 5.48 Å². The standard InChI is InChI=1S/C19H26N2O3/c1-5-23-20-19(22)18-11-10-17(24-18)13-21(14(2)3)12-16-9-7-6-8-15(16)4/h6-11,14H,5,12-13H2,1-4H3,(H,20,22). The summed E-state index contributed by atoms with van der Waals surface area (Å²) in [6.45, 7) is 10.1. The zero-order valence-electron chi connectivity index (χ0n) is 14.8. The fraction of sp³-hybridized carbons (Fsp3) is 0.421. The first kappa shape index (κ1) is 18.2. The van der Waals surface area contributed by atoms with Gasteiger partial charge in [0.05, 0.1) is 13.2 Å². The molecule has 0 fully saturated rings. The maximum Gasteiger partial charge on any atom is 0.310 e. The molecular formula is C19H26N2O3. The molecule has 0 aliphatic carbocycles. The van der Waals surface area contributed by atoms with Crippen molar-refractivity contribution in [1.29, 1.82) is 0 Å². The third-order valence-electron chi connectivity index (χ3n) is 3.92. The molecule has 0 atom stereocenters. The van der Waals surface area contributed by atoms with Crippen LogP contribution in [0.5, 0.6) is 0 Å². The Morgan fingerprint density at radius 2 is 1.96 bits per heavy atom. The van der Waals surface area contributed by atoms with E-state index >= 15 is 0 Å². The topological polar surface area (TPSA) is 54.7 Å². The summed E-state index contributed by atoms with van der Waals surface area (Å²) in [5, 5.41) is 0. The molecule has 1 heterocycles. The van der Waals surface area contributed by atoms with Gasteiger partial charge < -0.3 is 4.42 Å². The number of rotatable bonds is 8. The average molecular weight is 330 g/mol. The molecule has 0 unspecified atom stereocenters. The predicted molar refractivity (Wildman–Crippen MR) is 93.4 cm³/mol. The minimum Gasteiger partial charge on any atom is -0.454 e. The van der Waals surface area contributed by atoms with E-state index < -0.39 is 0 Å². The molecule has 1 aromatic carbocycles. The van der Waals surface area contributed by atoms with Gasteiger partial charge in [-0.1, -0.05) is 24.3 Å². The Bertz CT molecular complexity index is 664. The molecular weight excluding hydrogens is 304 g/mol. The third kappa shape index (κ3) is 4.94. The number of aryl methyl sites for hydroxylation is 1. The molecule has 24 heavy (non-hydrogen) atoms. The van der Waals surface area contributed by atoms with Crippen molar-refractivity contribution in [2.45, 2.75) is 46.8 Å². The minimum absolute atomic E-state index is 0.262. The summed E-state index contributed by atoms with van der Waals surface area (Å²) in [7, 11) is 0. The Hall–Kier alpha value is -2.11. The van der Waals surface area contributed by atoms with Gasteiger partial charge in [-0.2, -0.15) is 0 Å².